The molecule has 6 aliphatic rings. The first kappa shape index (κ1) is 21.1. The Kier molecular flexibility index (Phi) is 5.65. The number of rotatable bonds is 0. The Morgan fingerprint density at radius 1 is 1.16 bits per heavy atom. The SMILES string of the molecule is C[C@@H]1C[C@@]2(COCC(=O)N2)[C@@H]2CO[C@H]3CC[C@H](CC3)C3C(F)=CC=CC3OCC(=O)N12. The zero-order valence-corrected chi connectivity index (χ0v) is 17.9. The highest BCUT2D eigenvalue weighted by Gasteiger charge is 2.55. The molecule has 170 valence electrons. The van der Waals surface area contributed by atoms with Crippen molar-refractivity contribution in [2.75, 3.05) is 26.4 Å². The van der Waals surface area contributed by atoms with Gasteiger partial charge in [0.05, 0.1) is 37.0 Å². The van der Waals surface area contributed by atoms with E-state index in [4.69, 9.17) is 14.2 Å². The van der Waals surface area contributed by atoms with E-state index in [2.05, 4.69) is 5.32 Å². The van der Waals surface area contributed by atoms with Gasteiger partial charge in [-0.3, -0.25) is 9.59 Å². The average molecular weight is 435 g/mol. The van der Waals surface area contributed by atoms with Crippen LogP contribution < -0.4 is 5.32 Å². The molecular weight excluding hydrogens is 403 g/mol. The third-order valence-electron chi connectivity index (χ3n) is 7.72. The molecular formula is C23H31FN2O5. The molecule has 31 heavy (non-hydrogen) atoms. The normalized spacial score (nSPS) is 43.4. The molecule has 5 fully saturated rings. The Morgan fingerprint density at radius 3 is 2.74 bits per heavy atom. The molecule has 7 nitrogen and oxygen atoms in total. The van der Waals surface area contributed by atoms with Gasteiger partial charge in [-0.15, -0.1) is 0 Å². The molecule has 0 radical (unpaired) electrons. The fraction of sp³-hybridized carbons (Fsp3) is 0.739. The summed E-state index contributed by atoms with van der Waals surface area (Å²) < 4.78 is 32.7. The highest BCUT2D eigenvalue weighted by atomic mass is 19.1. The molecule has 2 bridgehead atoms. The van der Waals surface area contributed by atoms with E-state index < -0.39 is 11.6 Å². The zero-order valence-electron chi connectivity index (χ0n) is 17.9. The first-order chi connectivity index (χ1) is 15.0. The van der Waals surface area contributed by atoms with Crippen molar-refractivity contribution in [3.63, 3.8) is 0 Å². The van der Waals surface area contributed by atoms with Crippen LogP contribution in [0.2, 0.25) is 0 Å². The number of allylic oxidation sites excluding steroid dienone is 2. The summed E-state index contributed by atoms with van der Waals surface area (Å²) in [4.78, 5) is 27.3. The lowest BCUT2D eigenvalue weighted by molar-refractivity contribution is -0.147. The van der Waals surface area contributed by atoms with E-state index in [1.54, 1.807) is 11.0 Å². The molecule has 1 N–H and O–H groups in total. The number of hydrogen-bond acceptors (Lipinski definition) is 5. The molecule has 2 unspecified atom stereocenters. The summed E-state index contributed by atoms with van der Waals surface area (Å²) in [6.45, 7) is 2.60. The van der Waals surface area contributed by atoms with Crippen molar-refractivity contribution in [1.29, 1.82) is 0 Å². The van der Waals surface area contributed by atoms with Crippen molar-refractivity contribution in [1.82, 2.24) is 10.2 Å². The molecule has 2 amide bonds. The number of ether oxygens (including phenoxy) is 3. The van der Waals surface area contributed by atoms with Gasteiger partial charge >= 0.3 is 0 Å². The minimum Gasteiger partial charge on any atom is -0.376 e. The lowest BCUT2D eigenvalue weighted by atomic mass is 9.74. The van der Waals surface area contributed by atoms with Crippen LogP contribution in [-0.4, -0.2) is 73.0 Å². The van der Waals surface area contributed by atoms with Gasteiger partial charge in [0.1, 0.15) is 19.0 Å². The first-order valence-corrected chi connectivity index (χ1v) is 11.4. The van der Waals surface area contributed by atoms with E-state index in [0.29, 0.717) is 19.6 Å². The average Bonchev–Trinajstić information content (AvgIpc) is 3.01. The Bertz CT molecular complexity index is 793. The quantitative estimate of drug-likeness (QED) is 0.630. The van der Waals surface area contributed by atoms with Crippen molar-refractivity contribution in [3.8, 4) is 0 Å². The molecule has 4 saturated heterocycles. The third kappa shape index (κ3) is 3.83. The smallest absolute Gasteiger partial charge is 0.249 e. The monoisotopic (exact) mass is 434 g/mol. The van der Waals surface area contributed by atoms with Gasteiger partial charge in [0, 0.05) is 12.0 Å². The predicted octanol–water partition coefficient (Wildman–Crippen LogP) is 1.87. The molecule has 4 heterocycles. The van der Waals surface area contributed by atoms with Gasteiger partial charge in [-0.05, 0) is 51.0 Å². The van der Waals surface area contributed by atoms with Crippen molar-refractivity contribution in [3.05, 3.63) is 24.1 Å². The molecule has 2 aliphatic carbocycles. The molecule has 1 spiro atoms. The number of carbonyl (C=O) groups is 2. The standard InChI is InChI=1S/C23H31FN2O5/c1-14-9-23(13-29-11-20(27)25-23)19-10-30-16-7-5-15(6-8-16)22-17(24)3-2-4-18(22)31-12-21(28)26(14)19/h2-4,14-16,18-19,22H,5-13H2,1H3,(H,25,27)/t14-,15-,16+,18?,19+,22?,23-/m1/s1. The highest BCUT2D eigenvalue weighted by Crippen LogP contribution is 2.42. The summed E-state index contributed by atoms with van der Waals surface area (Å²) in [6.07, 6.45) is 8.75. The summed E-state index contributed by atoms with van der Waals surface area (Å²) in [7, 11) is 0. The van der Waals surface area contributed by atoms with Gasteiger partial charge in [-0.25, -0.2) is 4.39 Å². The topological polar surface area (TPSA) is 77.1 Å². The van der Waals surface area contributed by atoms with E-state index in [9.17, 15) is 14.0 Å². The van der Waals surface area contributed by atoms with E-state index >= 15 is 0 Å². The van der Waals surface area contributed by atoms with E-state index in [1.165, 1.54) is 6.08 Å². The maximum Gasteiger partial charge on any atom is 0.249 e. The number of nitrogens with one attached hydrogen (secondary N) is 1. The van der Waals surface area contributed by atoms with Crippen molar-refractivity contribution >= 4 is 11.8 Å². The minimum atomic E-state index is -0.649. The second-order valence-electron chi connectivity index (χ2n) is 9.68. The van der Waals surface area contributed by atoms with Crippen LogP contribution in [0.3, 0.4) is 0 Å². The maximum atomic E-state index is 14.8. The van der Waals surface area contributed by atoms with Crippen LogP contribution in [0, 0.1) is 11.8 Å². The fourth-order valence-corrected chi connectivity index (χ4v) is 6.34. The predicted molar refractivity (Wildman–Crippen MR) is 110 cm³/mol. The van der Waals surface area contributed by atoms with E-state index in [0.717, 1.165) is 25.7 Å². The van der Waals surface area contributed by atoms with Gasteiger partial charge in [-0.1, -0.05) is 12.2 Å². The summed E-state index contributed by atoms with van der Waals surface area (Å²) in [5.74, 6) is -0.648. The number of carbonyl (C=O) groups excluding carboxylic acids is 2. The Hall–Kier alpha value is -1.77. The van der Waals surface area contributed by atoms with Gasteiger partial charge in [0.2, 0.25) is 11.8 Å². The van der Waals surface area contributed by atoms with Crippen molar-refractivity contribution in [2.24, 2.45) is 11.8 Å². The zero-order chi connectivity index (χ0) is 21.6. The molecule has 4 aliphatic heterocycles. The number of hydrogen-bond donors (Lipinski definition) is 1. The van der Waals surface area contributed by atoms with Gasteiger partial charge in [0.25, 0.3) is 0 Å². The number of amides is 2. The number of morpholine rings is 1. The summed E-state index contributed by atoms with van der Waals surface area (Å²) >= 11 is 0. The third-order valence-corrected chi connectivity index (χ3v) is 7.72. The molecule has 1 saturated carbocycles. The second kappa shape index (κ2) is 8.30. The molecule has 0 aromatic rings. The van der Waals surface area contributed by atoms with Crippen LogP contribution in [0.4, 0.5) is 4.39 Å². The van der Waals surface area contributed by atoms with Crippen LogP contribution in [0.15, 0.2) is 24.1 Å². The Morgan fingerprint density at radius 2 is 1.97 bits per heavy atom. The van der Waals surface area contributed by atoms with Crippen LogP contribution in [0.25, 0.3) is 0 Å². The molecule has 8 heteroatoms. The van der Waals surface area contributed by atoms with Crippen molar-refractivity contribution in [2.45, 2.75) is 68.9 Å². The highest BCUT2D eigenvalue weighted by molar-refractivity contribution is 5.81. The summed E-state index contributed by atoms with van der Waals surface area (Å²) in [6, 6.07) is -0.418. The van der Waals surface area contributed by atoms with Gasteiger partial charge in [-0.2, -0.15) is 0 Å². The molecule has 0 aromatic heterocycles. The van der Waals surface area contributed by atoms with E-state index in [-0.39, 0.29) is 60.9 Å². The molecule has 5 atom stereocenters. The second-order valence-corrected chi connectivity index (χ2v) is 9.68. The number of nitrogens with zero attached hydrogens (tertiary/aromatic N) is 1. The Balaban J connectivity index is 1.44. The van der Waals surface area contributed by atoms with Gasteiger partial charge in [0.15, 0.2) is 0 Å². The first-order valence-electron chi connectivity index (χ1n) is 11.4. The van der Waals surface area contributed by atoms with Crippen LogP contribution in [0.1, 0.15) is 39.0 Å². The largest absolute Gasteiger partial charge is 0.376 e. The van der Waals surface area contributed by atoms with Crippen LogP contribution in [0.5, 0.6) is 0 Å². The van der Waals surface area contributed by atoms with E-state index in [1.807, 2.05) is 13.0 Å². The van der Waals surface area contributed by atoms with Crippen LogP contribution >= 0.6 is 0 Å². The van der Waals surface area contributed by atoms with Gasteiger partial charge < -0.3 is 24.4 Å². The summed E-state index contributed by atoms with van der Waals surface area (Å²) in [5.41, 5.74) is -0.649. The maximum absolute atomic E-state index is 14.8. The lowest BCUT2D eigenvalue weighted by Gasteiger charge is -2.41. The van der Waals surface area contributed by atoms with Crippen LogP contribution in [-0.2, 0) is 23.8 Å². The lowest BCUT2D eigenvalue weighted by Crippen LogP contribution is -2.65. The molecule has 0 aromatic carbocycles. The Labute approximate surface area is 181 Å². The number of halogens is 1. The molecule has 6 rings (SSSR count). The fourth-order valence-electron chi connectivity index (χ4n) is 6.34. The minimum absolute atomic E-state index is 0.0409. The number of fused-ring (bicyclic) bond motifs is 5. The van der Waals surface area contributed by atoms with Crippen molar-refractivity contribution < 1.29 is 28.2 Å². The summed E-state index contributed by atoms with van der Waals surface area (Å²) in [5, 5.41) is 3.11.